The summed E-state index contributed by atoms with van der Waals surface area (Å²) in [4.78, 5) is 26.1. The molecule has 0 atom stereocenters. The molecular weight excluding hydrogens is 336 g/mol. The molecule has 1 heterocycles. The van der Waals surface area contributed by atoms with Gasteiger partial charge in [0.25, 0.3) is 11.8 Å². The topological polar surface area (TPSA) is 67.4 Å². The average molecular weight is 358 g/mol. The van der Waals surface area contributed by atoms with Crippen LogP contribution >= 0.6 is 11.3 Å². The van der Waals surface area contributed by atoms with Gasteiger partial charge in [0.2, 0.25) is 0 Å². The van der Waals surface area contributed by atoms with Crippen LogP contribution in [0.1, 0.15) is 50.9 Å². The van der Waals surface area contributed by atoms with Gasteiger partial charge >= 0.3 is 0 Å². The Morgan fingerprint density at radius 3 is 2.52 bits per heavy atom. The fourth-order valence-electron chi connectivity index (χ4n) is 3.06. The van der Waals surface area contributed by atoms with E-state index in [1.165, 1.54) is 16.2 Å². The van der Waals surface area contributed by atoms with E-state index in [9.17, 15) is 9.59 Å². The van der Waals surface area contributed by atoms with Gasteiger partial charge in [0.05, 0.1) is 12.2 Å². The molecule has 2 aromatic rings. The summed E-state index contributed by atoms with van der Waals surface area (Å²) < 4.78 is 5.40. The number of amides is 2. The number of hydrogen-bond acceptors (Lipinski definition) is 4. The Morgan fingerprint density at radius 2 is 1.84 bits per heavy atom. The molecule has 2 amide bonds. The second-order valence-electron chi connectivity index (χ2n) is 5.91. The lowest BCUT2D eigenvalue weighted by Crippen LogP contribution is -2.22. The summed E-state index contributed by atoms with van der Waals surface area (Å²) in [6, 6.07) is 7.01. The van der Waals surface area contributed by atoms with Crippen LogP contribution in [0, 0.1) is 0 Å². The van der Waals surface area contributed by atoms with Crippen molar-refractivity contribution in [3.05, 3.63) is 45.8 Å². The molecule has 5 nitrogen and oxygen atoms in total. The van der Waals surface area contributed by atoms with Crippen LogP contribution in [0.4, 0.5) is 5.00 Å². The molecule has 25 heavy (non-hydrogen) atoms. The Bertz CT molecular complexity index is 781. The van der Waals surface area contributed by atoms with Crippen LogP contribution in [0.25, 0.3) is 0 Å². The highest BCUT2D eigenvalue weighted by Crippen LogP contribution is 2.38. The highest BCUT2D eigenvalue weighted by Gasteiger charge is 2.25. The van der Waals surface area contributed by atoms with Crippen LogP contribution in [-0.2, 0) is 12.8 Å². The van der Waals surface area contributed by atoms with Crippen LogP contribution in [-0.4, -0.2) is 25.5 Å². The summed E-state index contributed by atoms with van der Waals surface area (Å²) >= 11 is 1.52. The van der Waals surface area contributed by atoms with Gasteiger partial charge < -0.3 is 15.4 Å². The molecule has 1 aromatic heterocycles. The molecule has 0 saturated heterocycles. The van der Waals surface area contributed by atoms with Crippen LogP contribution in [0.5, 0.6) is 5.75 Å². The molecule has 1 aliphatic carbocycles. The SMILES string of the molecule is CCOc1ccc(C(=O)Nc2sc3c(c2C(=O)NC)CCCC3)cc1. The molecule has 0 aliphatic heterocycles. The van der Waals surface area contributed by atoms with Gasteiger partial charge in [-0.25, -0.2) is 0 Å². The van der Waals surface area contributed by atoms with E-state index in [4.69, 9.17) is 4.74 Å². The second kappa shape index (κ2) is 7.70. The van der Waals surface area contributed by atoms with Gasteiger partial charge in [-0.1, -0.05) is 0 Å². The number of hydrogen-bond donors (Lipinski definition) is 2. The van der Waals surface area contributed by atoms with E-state index in [1.54, 1.807) is 31.3 Å². The lowest BCUT2D eigenvalue weighted by atomic mass is 9.95. The standard InChI is InChI=1S/C19H22N2O3S/c1-3-24-13-10-8-12(9-11-13)17(22)21-19-16(18(23)20-2)14-6-4-5-7-15(14)25-19/h8-11H,3-7H2,1-2H3,(H,20,23)(H,21,22). The normalized spacial score (nSPS) is 13.0. The van der Waals surface area contributed by atoms with E-state index in [-0.39, 0.29) is 11.8 Å². The fraction of sp³-hybridized carbons (Fsp3) is 0.368. The van der Waals surface area contributed by atoms with E-state index >= 15 is 0 Å². The zero-order chi connectivity index (χ0) is 17.8. The molecule has 0 saturated carbocycles. The Morgan fingerprint density at radius 1 is 1.12 bits per heavy atom. The first-order valence-corrected chi connectivity index (χ1v) is 9.36. The Hall–Kier alpha value is -2.34. The number of carbonyl (C=O) groups excluding carboxylic acids is 2. The maximum Gasteiger partial charge on any atom is 0.256 e. The number of rotatable bonds is 5. The Kier molecular flexibility index (Phi) is 5.38. The summed E-state index contributed by atoms with van der Waals surface area (Å²) in [7, 11) is 1.62. The highest BCUT2D eigenvalue weighted by molar-refractivity contribution is 7.17. The first-order chi connectivity index (χ1) is 12.1. The number of benzene rings is 1. The third-order valence-corrected chi connectivity index (χ3v) is 5.49. The molecule has 0 bridgehead atoms. The van der Waals surface area contributed by atoms with E-state index in [2.05, 4.69) is 10.6 Å². The van der Waals surface area contributed by atoms with Crippen molar-refractivity contribution in [2.24, 2.45) is 0 Å². The largest absolute Gasteiger partial charge is 0.494 e. The minimum Gasteiger partial charge on any atom is -0.494 e. The lowest BCUT2D eigenvalue weighted by Gasteiger charge is -2.12. The van der Waals surface area contributed by atoms with Crippen molar-refractivity contribution >= 4 is 28.2 Å². The Balaban J connectivity index is 1.85. The molecule has 6 heteroatoms. The molecule has 0 unspecified atom stereocenters. The van der Waals surface area contributed by atoms with Crippen molar-refractivity contribution in [1.82, 2.24) is 5.32 Å². The smallest absolute Gasteiger partial charge is 0.256 e. The van der Waals surface area contributed by atoms with Gasteiger partial charge in [-0.2, -0.15) is 0 Å². The van der Waals surface area contributed by atoms with E-state index in [0.717, 1.165) is 37.0 Å². The van der Waals surface area contributed by atoms with Gasteiger partial charge in [-0.05, 0) is 62.4 Å². The lowest BCUT2D eigenvalue weighted by molar-refractivity contribution is 0.0963. The molecule has 2 N–H and O–H groups in total. The van der Waals surface area contributed by atoms with Gasteiger partial charge in [0.1, 0.15) is 10.8 Å². The van der Waals surface area contributed by atoms with E-state index in [0.29, 0.717) is 22.7 Å². The summed E-state index contributed by atoms with van der Waals surface area (Å²) in [5.74, 6) is 0.380. The number of carbonyl (C=O) groups is 2. The van der Waals surface area contributed by atoms with Crippen LogP contribution in [0.15, 0.2) is 24.3 Å². The molecule has 1 aliphatic rings. The van der Waals surface area contributed by atoms with Crippen molar-refractivity contribution in [3.63, 3.8) is 0 Å². The fourth-order valence-corrected chi connectivity index (χ4v) is 4.35. The quantitative estimate of drug-likeness (QED) is 0.857. The maximum absolute atomic E-state index is 12.6. The van der Waals surface area contributed by atoms with E-state index in [1.807, 2.05) is 6.92 Å². The predicted octanol–water partition coefficient (Wildman–Crippen LogP) is 3.64. The zero-order valence-corrected chi connectivity index (χ0v) is 15.3. The number of aryl methyl sites for hydroxylation is 1. The van der Waals surface area contributed by atoms with Gasteiger partial charge in [-0.15, -0.1) is 11.3 Å². The van der Waals surface area contributed by atoms with Crippen LogP contribution < -0.4 is 15.4 Å². The predicted molar refractivity (Wildman–Crippen MR) is 99.9 cm³/mol. The summed E-state index contributed by atoms with van der Waals surface area (Å²) in [5.41, 5.74) is 2.26. The van der Waals surface area contributed by atoms with Crippen molar-refractivity contribution in [2.45, 2.75) is 32.6 Å². The number of nitrogens with one attached hydrogen (secondary N) is 2. The third-order valence-electron chi connectivity index (χ3n) is 4.28. The molecule has 0 spiro atoms. The minimum absolute atomic E-state index is 0.138. The number of thiophene rings is 1. The highest BCUT2D eigenvalue weighted by atomic mass is 32.1. The summed E-state index contributed by atoms with van der Waals surface area (Å²) in [6.45, 7) is 2.50. The molecule has 0 fully saturated rings. The van der Waals surface area contributed by atoms with Crippen molar-refractivity contribution in [2.75, 3.05) is 19.0 Å². The van der Waals surface area contributed by atoms with Crippen LogP contribution in [0.3, 0.4) is 0 Å². The first kappa shape index (κ1) is 17.5. The zero-order valence-electron chi connectivity index (χ0n) is 14.5. The van der Waals surface area contributed by atoms with Crippen molar-refractivity contribution < 1.29 is 14.3 Å². The van der Waals surface area contributed by atoms with Crippen molar-refractivity contribution in [1.29, 1.82) is 0 Å². The third kappa shape index (κ3) is 3.69. The Labute approximate surface area is 151 Å². The molecular formula is C19H22N2O3S. The molecule has 132 valence electrons. The van der Waals surface area contributed by atoms with Gasteiger partial charge in [0.15, 0.2) is 0 Å². The second-order valence-corrected chi connectivity index (χ2v) is 7.01. The minimum atomic E-state index is -0.216. The monoisotopic (exact) mass is 358 g/mol. The number of anilines is 1. The first-order valence-electron chi connectivity index (χ1n) is 8.54. The summed E-state index contributed by atoms with van der Waals surface area (Å²) in [5, 5.41) is 6.26. The average Bonchev–Trinajstić information content (AvgIpc) is 2.99. The van der Waals surface area contributed by atoms with E-state index < -0.39 is 0 Å². The number of ether oxygens (including phenoxy) is 1. The summed E-state index contributed by atoms with van der Waals surface area (Å²) in [6.07, 6.45) is 4.09. The molecule has 3 rings (SSSR count). The molecule has 0 radical (unpaired) electrons. The maximum atomic E-state index is 12.6. The van der Waals surface area contributed by atoms with Gasteiger partial charge in [-0.3, -0.25) is 9.59 Å². The van der Waals surface area contributed by atoms with Crippen LogP contribution in [0.2, 0.25) is 0 Å². The molecule has 1 aromatic carbocycles. The van der Waals surface area contributed by atoms with Crippen molar-refractivity contribution in [3.8, 4) is 5.75 Å². The number of fused-ring (bicyclic) bond motifs is 1. The van der Waals surface area contributed by atoms with Gasteiger partial charge in [0, 0.05) is 17.5 Å².